The first-order chi connectivity index (χ1) is 10.1. The third-order valence-corrected chi connectivity index (χ3v) is 4.55. The van der Waals surface area contributed by atoms with Gasteiger partial charge in [0.1, 0.15) is 5.75 Å². The molecule has 1 N–H and O–H groups in total. The summed E-state index contributed by atoms with van der Waals surface area (Å²) in [7, 11) is 1.74. The molecule has 0 bridgehead atoms. The average Bonchev–Trinajstić information content (AvgIpc) is 2.89. The lowest BCUT2D eigenvalue weighted by molar-refractivity contribution is 0.400. The minimum absolute atomic E-state index is 0.0872. The van der Waals surface area contributed by atoms with Crippen LogP contribution < -0.4 is 10.1 Å². The predicted molar refractivity (Wildman–Crippen MR) is 89.5 cm³/mol. The van der Waals surface area contributed by atoms with Crippen molar-refractivity contribution in [3.8, 4) is 5.75 Å². The van der Waals surface area contributed by atoms with Crippen molar-refractivity contribution in [1.82, 2.24) is 10.3 Å². The molecule has 0 aliphatic carbocycles. The Balaban J connectivity index is 2.48. The molecule has 3 nitrogen and oxygen atoms in total. The van der Waals surface area contributed by atoms with Gasteiger partial charge in [0.15, 0.2) is 0 Å². The molecule has 1 aromatic heterocycles. The molecule has 0 saturated carbocycles. The second-order valence-electron chi connectivity index (χ2n) is 5.31. The molecule has 1 unspecified atom stereocenters. The lowest BCUT2D eigenvalue weighted by atomic mass is 9.97. The Kier molecular flexibility index (Phi) is 5.37. The number of nitrogens with zero attached hydrogens (tertiary/aromatic N) is 1. The number of aryl methyl sites for hydroxylation is 2. The monoisotopic (exact) mass is 304 g/mol. The van der Waals surface area contributed by atoms with Crippen molar-refractivity contribution in [2.24, 2.45) is 0 Å². The van der Waals surface area contributed by atoms with Crippen LogP contribution in [-0.2, 0) is 0 Å². The summed E-state index contributed by atoms with van der Waals surface area (Å²) < 4.78 is 5.68. The van der Waals surface area contributed by atoms with Gasteiger partial charge in [-0.05, 0) is 44.9 Å². The summed E-state index contributed by atoms with van der Waals surface area (Å²) in [5, 5.41) is 6.83. The lowest BCUT2D eigenvalue weighted by Crippen LogP contribution is -2.24. The van der Waals surface area contributed by atoms with E-state index in [1.807, 2.05) is 6.92 Å². The lowest BCUT2D eigenvalue weighted by Gasteiger charge is -2.22. The predicted octanol–water partition coefficient (Wildman–Crippen LogP) is 4.17. The number of hydrogen-bond acceptors (Lipinski definition) is 4. The Morgan fingerprint density at radius 3 is 2.62 bits per heavy atom. The first kappa shape index (κ1) is 16.0. The van der Waals surface area contributed by atoms with E-state index >= 15 is 0 Å². The van der Waals surface area contributed by atoms with Crippen molar-refractivity contribution in [2.45, 2.75) is 40.2 Å². The smallest absolute Gasteiger partial charge is 0.127 e. The van der Waals surface area contributed by atoms with E-state index in [9.17, 15) is 0 Å². The molecule has 2 aromatic rings. The minimum Gasteiger partial charge on any atom is -0.496 e. The standard InChI is InChI=1S/C17H24N2OS/c1-6-9-18-16(15-10-21-13(4)19-15)14-8-7-11(2)12(3)17(14)20-5/h7-8,10,16,18H,6,9H2,1-5H3. The summed E-state index contributed by atoms with van der Waals surface area (Å²) in [5.74, 6) is 0.967. The van der Waals surface area contributed by atoms with Crippen LogP contribution in [0.15, 0.2) is 17.5 Å². The highest BCUT2D eigenvalue weighted by molar-refractivity contribution is 7.09. The topological polar surface area (TPSA) is 34.2 Å². The van der Waals surface area contributed by atoms with E-state index in [1.54, 1.807) is 18.4 Å². The van der Waals surface area contributed by atoms with Crippen LogP contribution in [0.25, 0.3) is 0 Å². The Hall–Kier alpha value is -1.39. The number of aromatic nitrogens is 1. The van der Waals surface area contributed by atoms with Gasteiger partial charge in [-0.3, -0.25) is 0 Å². The van der Waals surface area contributed by atoms with Gasteiger partial charge in [0.05, 0.1) is 23.9 Å². The first-order valence-electron chi connectivity index (χ1n) is 7.38. The van der Waals surface area contributed by atoms with Crippen LogP contribution in [0.5, 0.6) is 5.75 Å². The molecule has 0 fully saturated rings. The molecule has 114 valence electrons. The third kappa shape index (κ3) is 3.44. The van der Waals surface area contributed by atoms with E-state index in [4.69, 9.17) is 4.74 Å². The Morgan fingerprint density at radius 2 is 2.05 bits per heavy atom. The molecule has 4 heteroatoms. The second kappa shape index (κ2) is 7.05. The minimum atomic E-state index is 0.0872. The van der Waals surface area contributed by atoms with Gasteiger partial charge in [0.2, 0.25) is 0 Å². The summed E-state index contributed by atoms with van der Waals surface area (Å²) in [4.78, 5) is 4.67. The highest BCUT2D eigenvalue weighted by atomic mass is 32.1. The van der Waals surface area contributed by atoms with Crippen molar-refractivity contribution in [3.05, 3.63) is 44.9 Å². The second-order valence-corrected chi connectivity index (χ2v) is 6.37. The van der Waals surface area contributed by atoms with Gasteiger partial charge in [-0.15, -0.1) is 11.3 Å². The van der Waals surface area contributed by atoms with E-state index in [1.165, 1.54) is 16.7 Å². The number of thiazole rings is 1. The molecular weight excluding hydrogens is 280 g/mol. The quantitative estimate of drug-likeness (QED) is 0.870. The number of rotatable bonds is 6. The molecular formula is C17H24N2OS. The maximum atomic E-state index is 5.68. The molecule has 1 atom stereocenters. The summed E-state index contributed by atoms with van der Waals surface area (Å²) in [5.41, 5.74) is 4.69. The third-order valence-electron chi connectivity index (χ3n) is 3.75. The fraction of sp³-hybridized carbons (Fsp3) is 0.471. The Bertz CT molecular complexity index is 607. The fourth-order valence-electron chi connectivity index (χ4n) is 2.48. The van der Waals surface area contributed by atoms with Gasteiger partial charge in [-0.1, -0.05) is 19.1 Å². The maximum absolute atomic E-state index is 5.68. The van der Waals surface area contributed by atoms with Crippen LogP contribution in [-0.4, -0.2) is 18.6 Å². The summed E-state index contributed by atoms with van der Waals surface area (Å²) in [6, 6.07) is 4.40. The maximum Gasteiger partial charge on any atom is 0.127 e. The summed E-state index contributed by atoms with van der Waals surface area (Å²) in [6.07, 6.45) is 1.09. The molecule has 1 heterocycles. The molecule has 1 aromatic carbocycles. The van der Waals surface area contributed by atoms with Crippen LogP contribution >= 0.6 is 11.3 Å². The first-order valence-corrected chi connectivity index (χ1v) is 8.26. The molecule has 2 rings (SSSR count). The van der Waals surface area contributed by atoms with Crippen LogP contribution in [0.2, 0.25) is 0 Å². The molecule has 0 aliphatic rings. The van der Waals surface area contributed by atoms with E-state index in [-0.39, 0.29) is 6.04 Å². The Labute approximate surface area is 131 Å². The summed E-state index contributed by atoms with van der Waals surface area (Å²) >= 11 is 1.69. The van der Waals surface area contributed by atoms with Crippen molar-refractivity contribution in [1.29, 1.82) is 0 Å². The number of methoxy groups -OCH3 is 1. The van der Waals surface area contributed by atoms with Crippen molar-refractivity contribution < 1.29 is 4.74 Å². The zero-order valence-corrected chi connectivity index (χ0v) is 14.3. The van der Waals surface area contributed by atoms with Crippen molar-refractivity contribution in [2.75, 3.05) is 13.7 Å². The average molecular weight is 304 g/mol. The van der Waals surface area contributed by atoms with E-state index < -0.39 is 0 Å². The van der Waals surface area contributed by atoms with Gasteiger partial charge in [-0.25, -0.2) is 4.98 Å². The molecule has 0 amide bonds. The fourth-order valence-corrected chi connectivity index (χ4v) is 3.12. The summed E-state index contributed by atoms with van der Waals surface area (Å²) in [6.45, 7) is 9.40. The van der Waals surface area contributed by atoms with Crippen molar-refractivity contribution in [3.63, 3.8) is 0 Å². The van der Waals surface area contributed by atoms with Crippen LogP contribution in [0, 0.1) is 20.8 Å². The normalized spacial score (nSPS) is 12.4. The van der Waals surface area contributed by atoms with Crippen molar-refractivity contribution >= 4 is 11.3 Å². The zero-order chi connectivity index (χ0) is 15.4. The van der Waals surface area contributed by atoms with Gasteiger partial charge in [0.25, 0.3) is 0 Å². The number of nitrogens with one attached hydrogen (secondary N) is 1. The zero-order valence-electron chi connectivity index (χ0n) is 13.5. The molecule has 0 aliphatic heterocycles. The van der Waals surface area contributed by atoms with E-state index in [0.29, 0.717) is 0 Å². The molecule has 0 spiro atoms. The van der Waals surface area contributed by atoms with Gasteiger partial charge < -0.3 is 10.1 Å². The van der Waals surface area contributed by atoms with E-state index in [2.05, 4.69) is 48.6 Å². The largest absolute Gasteiger partial charge is 0.496 e. The van der Waals surface area contributed by atoms with Crippen LogP contribution in [0.1, 0.15) is 46.8 Å². The Morgan fingerprint density at radius 1 is 1.29 bits per heavy atom. The number of ether oxygens (including phenoxy) is 1. The van der Waals surface area contributed by atoms with Gasteiger partial charge in [-0.2, -0.15) is 0 Å². The number of hydrogen-bond donors (Lipinski definition) is 1. The highest BCUT2D eigenvalue weighted by Gasteiger charge is 2.21. The molecule has 0 radical (unpaired) electrons. The van der Waals surface area contributed by atoms with E-state index in [0.717, 1.165) is 29.4 Å². The molecule has 0 saturated heterocycles. The van der Waals surface area contributed by atoms with Crippen LogP contribution in [0.4, 0.5) is 0 Å². The van der Waals surface area contributed by atoms with Crippen LogP contribution in [0.3, 0.4) is 0 Å². The molecule has 21 heavy (non-hydrogen) atoms. The number of benzene rings is 1. The SMILES string of the molecule is CCCNC(c1csc(C)n1)c1ccc(C)c(C)c1OC. The highest BCUT2D eigenvalue weighted by Crippen LogP contribution is 2.34. The van der Waals surface area contributed by atoms with Gasteiger partial charge in [0, 0.05) is 10.9 Å². The van der Waals surface area contributed by atoms with Gasteiger partial charge >= 0.3 is 0 Å².